The fourth-order valence-corrected chi connectivity index (χ4v) is 2.53. The van der Waals surface area contributed by atoms with Crippen molar-refractivity contribution in [3.05, 3.63) is 59.9 Å². The maximum Gasteiger partial charge on any atom is 0.266 e. The van der Waals surface area contributed by atoms with Gasteiger partial charge in [-0.3, -0.25) is 24.8 Å². The molecule has 1 fully saturated rings. The number of amides is 3. The summed E-state index contributed by atoms with van der Waals surface area (Å²) in [7, 11) is 0. The molecular formula is C17H16N4O3. The normalized spacial score (nSPS) is 17.2. The van der Waals surface area contributed by atoms with Crippen LogP contribution >= 0.6 is 0 Å². The molecule has 3 rings (SSSR count). The fourth-order valence-electron chi connectivity index (χ4n) is 2.53. The Labute approximate surface area is 138 Å². The third-order valence-corrected chi connectivity index (χ3v) is 3.79. The van der Waals surface area contributed by atoms with Crippen molar-refractivity contribution in [2.45, 2.75) is 19.4 Å². The van der Waals surface area contributed by atoms with Crippen LogP contribution in [0.15, 0.2) is 48.8 Å². The molecule has 7 nitrogen and oxygen atoms in total. The standard InChI is InChI=1S/C17H16N4O3/c1-11-5-2-3-7-14(11)21-15(22)9-13(17(21)24)19-20-16(23)12-6-4-8-18-10-12/h2-8,10,13,19H,9H2,1H3,(H,20,23)/t13-/m1/s1. The van der Waals surface area contributed by atoms with Gasteiger partial charge in [0.25, 0.3) is 11.8 Å². The number of hydrazine groups is 1. The van der Waals surface area contributed by atoms with Crippen LogP contribution < -0.4 is 15.8 Å². The number of aryl methyl sites for hydroxylation is 1. The van der Waals surface area contributed by atoms with Gasteiger partial charge in [0, 0.05) is 12.4 Å². The summed E-state index contributed by atoms with van der Waals surface area (Å²) in [5, 5.41) is 0. The molecule has 0 radical (unpaired) electrons. The van der Waals surface area contributed by atoms with E-state index >= 15 is 0 Å². The molecule has 1 saturated heterocycles. The maximum absolute atomic E-state index is 12.5. The monoisotopic (exact) mass is 324 g/mol. The Balaban J connectivity index is 1.69. The first kappa shape index (κ1) is 15.8. The van der Waals surface area contributed by atoms with E-state index in [2.05, 4.69) is 15.8 Å². The summed E-state index contributed by atoms with van der Waals surface area (Å²) in [5.41, 5.74) is 6.85. The molecule has 0 unspecified atom stereocenters. The van der Waals surface area contributed by atoms with Gasteiger partial charge in [0.15, 0.2) is 0 Å². The Morgan fingerprint density at radius 1 is 1.21 bits per heavy atom. The molecule has 2 heterocycles. The first-order valence-electron chi connectivity index (χ1n) is 7.46. The van der Waals surface area contributed by atoms with Gasteiger partial charge in [0.2, 0.25) is 5.91 Å². The van der Waals surface area contributed by atoms with Crippen molar-refractivity contribution in [3.8, 4) is 0 Å². The minimum absolute atomic E-state index is 0.0134. The van der Waals surface area contributed by atoms with Crippen LogP contribution in [0.25, 0.3) is 0 Å². The lowest BCUT2D eigenvalue weighted by molar-refractivity contribution is -0.121. The molecule has 24 heavy (non-hydrogen) atoms. The topological polar surface area (TPSA) is 91.4 Å². The molecule has 0 saturated carbocycles. The lowest BCUT2D eigenvalue weighted by Crippen LogP contribution is -2.48. The highest BCUT2D eigenvalue weighted by molar-refractivity contribution is 6.22. The lowest BCUT2D eigenvalue weighted by atomic mass is 10.2. The summed E-state index contributed by atoms with van der Waals surface area (Å²) in [6, 6.07) is 9.62. The number of nitrogens with one attached hydrogen (secondary N) is 2. The predicted molar refractivity (Wildman–Crippen MR) is 86.9 cm³/mol. The van der Waals surface area contributed by atoms with Gasteiger partial charge in [0.1, 0.15) is 6.04 Å². The minimum atomic E-state index is -0.794. The molecule has 1 aromatic heterocycles. The molecule has 0 bridgehead atoms. The van der Waals surface area contributed by atoms with Gasteiger partial charge in [-0.05, 0) is 30.7 Å². The summed E-state index contributed by atoms with van der Waals surface area (Å²) >= 11 is 0. The minimum Gasteiger partial charge on any atom is -0.287 e. The third kappa shape index (κ3) is 3.02. The van der Waals surface area contributed by atoms with Crippen LogP contribution in [0.1, 0.15) is 22.3 Å². The van der Waals surface area contributed by atoms with E-state index in [0.29, 0.717) is 11.3 Å². The molecule has 2 N–H and O–H groups in total. The van der Waals surface area contributed by atoms with Gasteiger partial charge in [-0.25, -0.2) is 10.3 Å². The summed E-state index contributed by atoms with van der Waals surface area (Å²) in [6.07, 6.45) is 2.96. The number of nitrogens with zero attached hydrogens (tertiary/aromatic N) is 2. The molecule has 2 aromatic rings. The van der Waals surface area contributed by atoms with E-state index in [-0.39, 0.29) is 18.2 Å². The molecular weight excluding hydrogens is 308 g/mol. The molecule has 1 aliphatic heterocycles. The van der Waals surface area contributed by atoms with Crippen LogP contribution in [0.5, 0.6) is 0 Å². The van der Waals surface area contributed by atoms with E-state index < -0.39 is 11.9 Å². The SMILES string of the molecule is Cc1ccccc1N1C(=O)C[C@@H](NNC(=O)c2cccnc2)C1=O. The number of anilines is 1. The number of aromatic nitrogens is 1. The third-order valence-electron chi connectivity index (χ3n) is 3.79. The van der Waals surface area contributed by atoms with Crippen molar-refractivity contribution in [2.24, 2.45) is 0 Å². The Bertz CT molecular complexity index is 791. The highest BCUT2D eigenvalue weighted by atomic mass is 16.2. The van der Waals surface area contributed by atoms with Crippen LogP contribution in [-0.2, 0) is 9.59 Å². The van der Waals surface area contributed by atoms with Gasteiger partial charge >= 0.3 is 0 Å². The summed E-state index contributed by atoms with van der Waals surface area (Å²) in [5.74, 6) is -1.11. The average Bonchev–Trinajstić information content (AvgIpc) is 2.88. The van der Waals surface area contributed by atoms with Crippen LogP contribution in [0, 0.1) is 6.92 Å². The summed E-state index contributed by atoms with van der Waals surface area (Å²) < 4.78 is 0. The first-order valence-corrected chi connectivity index (χ1v) is 7.46. The number of benzene rings is 1. The van der Waals surface area contributed by atoms with Crippen molar-refractivity contribution in [3.63, 3.8) is 0 Å². The van der Waals surface area contributed by atoms with Crippen molar-refractivity contribution < 1.29 is 14.4 Å². The van der Waals surface area contributed by atoms with Crippen LogP contribution in [0.4, 0.5) is 5.69 Å². The van der Waals surface area contributed by atoms with E-state index in [1.54, 1.807) is 30.5 Å². The number of imide groups is 1. The molecule has 7 heteroatoms. The first-order chi connectivity index (χ1) is 11.6. The van der Waals surface area contributed by atoms with Crippen molar-refractivity contribution in [1.82, 2.24) is 15.8 Å². The van der Waals surface area contributed by atoms with Crippen LogP contribution in [-0.4, -0.2) is 28.7 Å². The number of pyridine rings is 1. The molecule has 122 valence electrons. The Kier molecular flexibility index (Phi) is 4.35. The van der Waals surface area contributed by atoms with E-state index in [9.17, 15) is 14.4 Å². The zero-order valence-corrected chi connectivity index (χ0v) is 13.0. The molecule has 1 aromatic carbocycles. The van der Waals surface area contributed by atoms with E-state index in [1.165, 1.54) is 6.20 Å². The average molecular weight is 324 g/mol. The summed E-state index contributed by atoms with van der Waals surface area (Å²) in [6.45, 7) is 1.83. The smallest absolute Gasteiger partial charge is 0.266 e. The number of rotatable bonds is 4. The number of carbonyl (C=O) groups excluding carboxylic acids is 3. The van der Waals surface area contributed by atoms with Crippen LogP contribution in [0.2, 0.25) is 0 Å². The van der Waals surface area contributed by atoms with Gasteiger partial charge in [-0.1, -0.05) is 18.2 Å². The second kappa shape index (κ2) is 6.59. The fraction of sp³-hybridized carbons (Fsp3) is 0.176. The molecule has 1 aliphatic rings. The molecule has 1 atom stereocenters. The van der Waals surface area contributed by atoms with Crippen molar-refractivity contribution in [2.75, 3.05) is 4.90 Å². The summed E-state index contributed by atoms with van der Waals surface area (Å²) in [4.78, 5) is 41.7. The largest absolute Gasteiger partial charge is 0.287 e. The van der Waals surface area contributed by atoms with Crippen molar-refractivity contribution in [1.29, 1.82) is 0 Å². The number of hydrogen-bond acceptors (Lipinski definition) is 5. The quantitative estimate of drug-likeness (QED) is 0.645. The van der Waals surface area contributed by atoms with E-state index in [4.69, 9.17) is 0 Å². The second-order valence-corrected chi connectivity index (χ2v) is 5.45. The maximum atomic E-state index is 12.5. The number of hydrogen-bond donors (Lipinski definition) is 2. The van der Waals surface area contributed by atoms with Gasteiger partial charge in [-0.2, -0.15) is 0 Å². The molecule has 0 spiro atoms. The predicted octanol–water partition coefficient (Wildman–Crippen LogP) is 0.957. The van der Waals surface area contributed by atoms with Crippen molar-refractivity contribution >= 4 is 23.4 Å². The molecule has 3 amide bonds. The Morgan fingerprint density at radius 2 is 2.00 bits per heavy atom. The van der Waals surface area contributed by atoms with E-state index in [1.807, 2.05) is 19.1 Å². The highest BCUT2D eigenvalue weighted by Crippen LogP contribution is 2.25. The van der Waals surface area contributed by atoms with Crippen LogP contribution in [0.3, 0.4) is 0 Å². The lowest BCUT2D eigenvalue weighted by Gasteiger charge is -2.17. The Hall–Kier alpha value is -3.06. The Morgan fingerprint density at radius 3 is 2.71 bits per heavy atom. The number of carbonyl (C=O) groups is 3. The zero-order valence-electron chi connectivity index (χ0n) is 13.0. The van der Waals surface area contributed by atoms with E-state index in [0.717, 1.165) is 10.5 Å². The van der Waals surface area contributed by atoms with Gasteiger partial charge in [0.05, 0.1) is 17.7 Å². The zero-order chi connectivity index (χ0) is 17.1. The highest BCUT2D eigenvalue weighted by Gasteiger charge is 2.40. The van der Waals surface area contributed by atoms with Gasteiger partial charge in [-0.15, -0.1) is 0 Å². The second-order valence-electron chi connectivity index (χ2n) is 5.45. The van der Waals surface area contributed by atoms with Gasteiger partial charge < -0.3 is 0 Å². The molecule has 0 aliphatic carbocycles. The number of para-hydroxylation sites is 1.